The number of hydrogen-bond acceptors (Lipinski definition) is 3. The first kappa shape index (κ1) is 11.7. The standard InChI is InChI=1S/C11H16N2O2/c1-13(2)10(11(14)15)9-5-3-8(7-12)4-6-9/h3-6,10H,7,12H2,1-2H3,(H,14,15). The molecular weight excluding hydrogens is 192 g/mol. The van der Waals surface area contributed by atoms with Gasteiger partial charge in [-0.2, -0.15) is 0 Å². The van der Waals surface area contributed by atoms with Gasteiger partial charge in [0.05, 0.1) is 0 Å². The minimum atomic E-state index is -0.847. The molecule has 0 aromatic heterocycles. The predicted octanol–water partition coefficient (Wildman–Crippen LogP) is 0.833. The zero-order valence-corrected chi connectivity index (χ0v) is 8.97. The molecule has 0 saturated heterocycles. The van der Waals surface area contributed by atoms with Crippen molar-refractivity contribution in [2.75, 3.05) is 14.1 Å². The molecule has 1 aromatic rings. The summed E-state index contributed by atoms with van der Waals surface area (Å²) in [5.74, 6) is -0.847. The predicted molar refractivity (Wildman–Crippen MR) is 58.4 cm³/mol. The molecule has 15 heavy (non-hydrogen) atoms. The van der Waals surface area contributed by atoms with Crippen molar-refractivity contribution >= 4 is 5.97 Å². The van der Waals surface area contributed by atoms with Gasteiger partial charge in [0.1, 0.15) is 6.04 Å². The number of likely N-dealkylation sites (N-methyl/N-ethyl adjacent to an activating group) is 1. The molecule has 0 aliphatic rings. The normalized spacial score (nSPS) is 12.8. The number of nitrogens with two attached hydrogens (primary N) is 1. The van der Waals surface area contributed by atoms with Crippen LogP contribution in [0.3, 0.4) is 0 Å². The highest BCUT2D eigenvalue weighted by molar-refractivity contribution is 5.75. The van der Waals surface area contributed by atoms with Gasteiger partial charge in [0.25, 0.3) is 0 Å². The minimum Gasteiger partial charge on any atom is -0.480 e. The maximum atomic E-state index is 11.0. The van der Waals surface area contributed by atoms with E-state index in [0.29, 0.717) is 6.54 Å². The molecule has 0 bridgehead atoms. The van der Waals surface area contributed by atoms with E-state index in [4.69, 9.17) is 10.8 Å². The van der Waals surface area contributed by atoms with Gasteiger partial charge in [0.2, 0.25) is 0 Å². The summed E-state index contributed by atoms with van der Waals surface area (Å²) in [5, 5.41) is 9.06. The van der Waals surface area contributed by atoms with E-state index in [1.54, 1.807) is 31.1 Å². The summed E-state index contributed by atoms with van der Waals surface area (Å²) in [4.78, 5) is 12.7. The maximum Gasteiger partial charge on any atom is 0.325 e. The van der Waals surface area contributed by atoms with Crippen LogP contribution in [-0.2, 0) is 11.3 Å². The molecule has 1 atom stereocenters. The number of carboxylic acid groups (broad SMARTS) is 1. The van der Waals surface area contributed by atoms with Gasteiger partial charge in [-0.05, 0) is 25.2 Å². The summed E-state index contributed by atoms with van der Waals surface area (Å²) in [6.45, 7) is 0.472. The first-order chi connectivity index (χ1) is 7.06. The maximum absolute atomic E-state index is 11.0. The molecule has 0 fully saturated rings. The number of aliphatic carboxylic acids is 1. The Balaban J connectivity index is 2.97. The van der Waals surface area contributed by atoms with E-state index >= 15 is 0 Å². The third kappa shape index (κ3) is 2.78. The van der Waals surface area contributed by atoms with Crippen LogP contribution in [0.15, 0.2) is 24.3 Å². The molecule has 4 nitrogen and oxygen atoms in total. The molecule has 0 spiro atoms. The molecule has 0 heterocycles. The van der Waals surface area contributed by atoms with Crippen molar-refractivity contribution in [3.8, 4) is 0 Å². The average molecular weight is 208 g/mol. The van der Waals surface area contributed by atoms with Crippen LogP contribution in [0.1, 0.15) is 17.2 Å². The van der Waals surface area contributed by atoms with Crippen molar-refractivity contribution in [2.24, 2.45) is 5.73 Å². The summed E-state index contributed by atoms with van der Waals surface area (Å²) in [5.41, 5.74) is 7.24. The van der Waals surface area contributed by atoms with Crippen LogP contribution in [-0.4, -0.2) is 30.1 Å². The van der Waals surface area contributed by atoms with E-state index in [9.17, 15) is 4.79 Å². The Bertz CT molecular complexity index is 333. The average Bonchev–Trinajstić information content (AvgIpc) is 2.18. The summed E-state index contributed by atoms with van der Waals surface area (Å²) in [6.07, 6.45) is 0. The van der Waals surface area contributed by atoms with Crippen LogP contribution in [0.25, 0.3) is 0 Å². The highest BCUT2D eigenvalue weighted by atomic mass is 16.4. The summed E-state index contributed by atoms with van der Waals surface area (Å²) >= 11 is 0. The quantitative estimate of drug-likeness (QED) is 0.769. The van der Waals surface area contributed by atoms with E-state index < -0.39 is 12.0 Å². The van der Waals surface area contributed by atoms with E-state index in [0.717, 1.165) is 11.1 Å². The summed E-state index contributed by atoms with van der Waals surface area (Å²) in [6, 6.07) is 6.72. The molecule has 0 aliphatic heterocycles. The van der Waals surface area contributed by atoms with Gasteiger partial charge in [-0.1, -0.05) is 24.3 Å². The Labute approximate surface area is 89.3 Å². The van der Waals surface area contributed by atoms with Crippen LogP contribution in [0.2, 0.25) is 0 Å². The number of carboxylic acids is 1. The fourth-order valence-electron chi connectivity index (χ4n) is 1.50. The van der Waals surface area contributed by atoms with Crippen molar-refractivity contribution in [1.82, 2.24) is 4.90 Å². The molecule has 1 aromatic carbocycles. The zero-order chi connectivity index (χ0) is 11.4. The summed E-state index contributed by atoms with van der Waals surface area (Å²) in [7, 11) is 3.49. The zero-order valence-electron chi connectivity index (χ0n) is 8.97. The van der Waals surface area contributed by atoms with Gasteiger partial charge >= 0.3 is 5.97 Å². The molecule has 0 amide bonds. The topological polar surface area (TPSA) is 66.6 Å². The molecule has 4 heteroatoms. The lowest BCUT2D eigenvalue weighted by Gasteiger charge is -2.20. The molecule has 1 unspecified atom stereocenters. The molecular formula is C11H16N2O2. The minimum absolute atomic E-state index is 0.472. The second-order valence-corrected chi connectivity index (χ2v) is 3.65. The van der Waals surface area contributed by atoms with Crippen molar-refractivity contribution in [3.63, 3.8) is 0 Å². The molecule has 0 aliphatic carbocycles. The van der Waals surface area contributed by atoms with E-state index in [-0.39, 0.29) is 0 Å². The van der Waals surface area contributed by atoms with Crippen LogP contribution in [0.4, 0.5) is 0 Å². The Morgan fingerprint density at radius 1 is 1.40 bits per heavy atom. The van der Waals surface area contributed by atoms with Gasteiger partial charge in [0, 0.05) is 6.54 Å². The third-order valence-corrected chi connectivity index (χ3v) is 2.28. The lowest BCUT2D eigenvalue weighted by atomic mass is 10.0. The lowest BCUT2D eigenvalue weighted by Crippen LogP contribution is -2.27. The van der Waals surface area contributed by atoms with Crippen LogP contribution >= 0.6 is 0 Å². The molecule has 1 rings (SSSR count). The Kier molecular flexibility index (Phi) is 3.82. The van der Waals surface area contributed by atoms with Gasteiger partial charge in [0.15, 0.2) is 0 Å². The van der Waals surface area contributed by atoms with E-state index in [1.165, 1.54) is 0 Å². The molecule has 0 radical (unpaired) electrons. The van der Waals surface area contributed by atoms with Gasteiger partial charge in [-0.25, -0.2) is 0 Å². The first-order valence-corrected chi connectivity index (χ1v) is 4.74. The molecule has 0 saturated carbocycles. The van der Waals surface area contributed by atoms with Crippen molar-refractivity contribution in [2.45, 2.75) is 12.6 Å². The lowest BCUT2D eigenvalue weighted by molar-refractivity contribution is -0.142. The van der Waals surface area contributed by atoms with E-state index in [1.807, 2.05) is 12.1 Å². The molecule has 82 valence electrons. The Hall–Kier alpha value is -1.39. The fourth-order valence-corrected chi connectivity index (χ4v) is 1.50. The number of nitrogens with zero attached hydrogens (tertiary/aromatic N) is 1. The molecule has 3 N–H and O–H groups in total. The monoisotopic (exact) mass is 208 g/mol. The van der Waals surface area contributed by atoms with Crippen molar-refractivity contribution in [1.29, 1.82) is 0 Å². The smallest absolute Gasteiger partial charge is 0.325 e. The fraction of sp³-hybridized carbons (Fsp3) is 0.364. The van der Waals surface area contributed by atoms with Gasteiger partial charge < -0.3 is 10.8 Å². The highest BCUT2D eigenvalue weighted by Gasteiger charge is 2.21. The Morgan fingerprint density at radius 3 is 2.27 bits per heavy atom. The number of rotatable bonds is 4. The Morgan fingerprint density at radius 2 is 1.93 bits per heavy atom. The number of carbonyl (C=O) groups is 1. The van der Waals surface area contributed by atoms with Crippen LogP contribution in [0.5, 0.6) is 0 Å². The highest BCUT2D eigenvalue weighted by Crippen LogP contribution is 2.18. The number of hydrogen-bond donors (Lipinski definition) is 2. The SMILES string of the molecule is CN(C)C(C(=O)O)c1ccc(CN)cc1. The third-order valence-electron chi connectivity index (χ3n) is 2.28. The second-order valence-electron chi connectivity index (χ2n) is 3.65. The van der Waals surface area contributed by atoms with Gasteiger partial charge in [-0.3, -0.25) is 9.69 Å². The largest absolute Gasteiger partial charge is 0.480 e. The number of benzene rings is 1. The van der Waals surface area contributed by atoms with Gasteiger partial charge in [-0.15, -0.1) is 0 Å². The summed E-state index contributed by atoms with van der Waals surface area (Å²) < 4.78 is 0. The van der Waals surface area contributed by atoms with Crippen LogP contribution < -0.4 is 5.73 Å². The van der Waals surface area contributed by atoms with Crippen molar-refractivity contribution in [3.05, 3.63) is 35.4 Å². The first-order valence-electron chi connectivity index (χ1n) is 4.74. The van der Waals surface area contributed by atoms with Crippen LogP contribution in [0, 0.1) is 0 Å². The second kappa shape index (κ2) is 4.91. The van der Waals surface area contributed by atoms with Crippen molar-refractivity contribution < 1.29 is 9.90 Å². The van der Waals surface area contributed by atoms with E-state index in [2.05, 4.69) is 0 Å².